The molecule has 1 aliphatic rings. The smallest absolute Gasteiger partial charge is 0.397 e. The Kier molecular flexibility index (Phi) is 7.72. The molecular formula is C22H26N2O10. The molecule has 0 unspecified atom stereocenters. The molecule has 1 amide bonds. The number of oxazole rings is 1. The summed E-state index contributed by atoms with van der Waals surface area (Å²) in [4.78, 5) is 51.3. The molecule has 34 heavy (non-hydrogen) atoms. The number of nitrogens with one attached hydrogen (secondary N) is 1. The summed E-state index contributed by atoms with van der Waals surface area (Å²) in [5.41, 5.74) is 1.95. The minimum absolute atomic E-state index is 0.167. The lowest BCUT2D eigenvalue weighted by atomic mass is 9.96. The van der Waals surface area contributed by atoms with E-state index in [1.54, 1.807) is 12.1 Å². The summed E-state index contributed by atoms with van der Waals surface area (Å²) in [5, 5.41) is 2.60. The first kappa shape index (κ1) is 25.0. The zero-order chi connectivity index (χ0) is 25.0. The Morgan fingerprint density at radius 3 is 2.29 bits per heavy atom. The number of aryl methyl sites for hydroxylation is 1. The molecule has 1 aromatic carbocycles. The minimum atomic E-state index is -1.31. The number of carbonyl (C=O) groups is 4. The molecule has 1 N–H and O–H groups in total. The first-order valence-corrected chi connectivity index (χ1v) is 10.5. The molecule has 0 spiro atoms. The van der Waals surface area contributed by atoms with Gasteiger partial charge in [0, 0.05) is 27.7 Å². The molecule has 5 atom stereocenters. The average Bonchev–Trinajstić information content (AvgIpc) is 3.11. The lowest BCUT2D eigenvalue weighted by Crippen LogP contribution is -2.67. The van der Waals surface area contributed by atoms with Crippen molar-refractivity contribution in [2.24, 2.45) is 0 Å². The maximum absolute atomic E-state index is 12.0. The fourth-order valence-electron chi connectivity index (χ4n) is 3.56. The van der Waals surface area contributed by atoms with Gasteiger partial charge in [-0.2, -0.15) is 4.98 Å². The van der Waals surface area contributed by atoms with Crippen LogP contribution in [0.25, 0.3) is 11.1 Å². The molecule has 0 saturated carbocycles. The number of carbonyl (C=O) groups excluding carboxylic acids is 4. The van der Waals surface area contributed by atoms with Crippen molar-refractivity contribution in [1.29, 1.82) is 0 Å². The van der Waals surface area contributed by atoms with E-state index in [9.17, 15) is 19.2 Å². The average molecular weight is 478 g/mol. The maximum Gasteiger partial charge on any atom is 0.397 e. The number of benzene rings is 1. The van der Waals surface area contributed by atoms with Gasteiger partial charge in [0.25, 0.3) is 0 Å². The first-order valence-electron chi connectivity index (χ1n) is 10.5. The number of fused-ring (bicyclic) bond motifs is 1. The van der Waals surface area contributed by atoms with Crippen LogP contribution in [0.2, 0.25) is 0 Å². The molecule has 3 rings (SSSR count). The lowest BCUT2D eigenvalue weighted by molar-refractivity contribution is -0.259. The van der Waals surface area contributed by atoms with E-state index >= 15 is 0 Å². The molecule has 184 valence electrons. The molecule has 1 aromatic heterocycles. The van der Waals surface area contributed by atoms with E-state index in [0.717, 1.165) is 19.4 Å². The topological polar surface area (TPSA) is 152 Å². The van der Waals surface area contributed by atoms with Gasteiger partial charge in [-0.05, 0) is 24.6 Å². The van der Waals surface area contributed by atoms with Crippen LogP contribution < -0.4 is 10.1 Å². The van der Waals surface area contributed by atoms with Crippen molar-refractivity contribution in [2.45, 2.75) is 65.3 Å². The molecule has 12 nitrogen and oxygen atoms in total. The highest BCUT2D eigenvalue weighted by Crippen LogP contribution is 2.30. The van der Waals surface area contributed by atoms with E-state index in [4.69, 9.17) is 28.1 Å². The van der Waals surface area contributed by atoms with E-state index in [0.29, 0.717) is 11.1 Å². The van der Waals surface area contributed by atoms with Gasteiger partial charge in [-0.15, -0.1) is 0 Å². The number of aromatic nitrogens is 1. The monoisotopic (exact) mass is 478 g/mol. The SMILES string of the molecule is CC(=O)N[C@@H]1[C@@H](Oc2nc3cc(C)ccc3o2)O[C@@H](COC(C)=O)[C@@H](OC(C)=O)[C@@H]1OC(C)=O. The van der Waals surface area contributed by atoms with Crippen LogP contribution >= 0.6 is 0 Å². The fourth-order valence-corrected chi connectivity index (χ4v) is 3.56. The van der Waals surface area contributed by atoms with Crippen molar-refractivity contribution in [2.75, 3.05) is 6.61 Å². The Hall–Kier alpha value is -3.67. The van der Waals surface area contributed by atoms with Gasteiger partial charge >= 0.3 is 24.0 Å². The molecule has 12 heteroatoms. The Balaban J connectivity index is 1.98. The van der Waals surface area contributed by atoms with Gasteiger partial charge in [0.2, 0.25) is 12.2 Å². The lowest BCUT2D eigenvalue weighted by Gasteiger charge is -2.44. The number of nitrogens with zero attached hydrogens (tertiary/aromatic N) is 1. The zero-order valence-electron chi connectivity index (χ0n) is 19.4. The summed E-state index contributed by atoms with van der Waals surface area (Å²) < 4.78 is 33.1. The Labute approximate surface area is 194 Å². The second-order valence-electron chi connectivity index (χ2n) is 7.79. The Morgan fingerprint density at radius 2 is 1.68 bits per heavy atom. The van der Waals surface area contributed by atoms with E-state index < -0.39 is 54.5 Å². The second-order valence-corrected chi connectivity index (χ2v) is 7.79. The minimum Gasteiger partial charge on any atom is -0.463 e. The van der Waals surface area contributed by atoms with Gasteiger partial charge < -0.3 is 33.4 Å². The molecule has 1 saturated heterocycles. The maximum atomic E-state index is 12.0. The number of amides is 1. The molecule has 0 aliphatic carbocycles. The van der Waals surface area contributed by atoms with Crippen molar-refractivity contribution >= 4 is 34.9 Å². The van der Waals surface area contributed by atoms with Crippen LogP contribution in [0.3, 0.4) is 0 Å². The van der Waals surface area contributed by atoms with E-state index in [2.05, 4.69) is 10.3 Å². The quantitative estimate of drug-likeness (QED) is 0.451. The van der Waals surface area contributed by atoms with Crippen molar-refractivity contribution in [3.8, 4) is 6.08 Å². The molecule has 1 fully saturated rings. The van der Waals surface area contributed by atoms with Gasteiger partial charge in [0.15, 0.2) is 17.8 Å². The number of esters is 3. The summed E-state index contributed by atoms with van der Waals surface area (Å²) >= 11 is 0. The van der Waals surface area contributed by atoms with Crippen LogP contribution in [0.1, 0.15) is 33.3 Å². The highest BCUT2D eigenvalue weighted by Gasteiger charge is 2.52. The largest absolute Gasteiger partial charge is 0.463 e. The van der Waals surface area contributed by atoms with Crippen LogP contribution in [0.15, 0.2) is 22.6 Å². The van der Waals surface area contributed by atoms with E-state index in [-0.39, 0.29) is 12.7 Å². The predicted molar refractivity (Wildman–Crippen MR) is 113 cm³/mol. The van der Waals surface area contributed by atoms with Crippen LogP contribution in [-0.4, -0.2) is 66.0 Å². The molecule has 0 radical (unpaired) electrons. The standard InChI is InChI=1S/C22H26N2O10/c1-10-6-7-16-15(8-10)24-22(33-16)34-21-18(23-11(2)25)20(31-14(5)28)19(30-13(4)27)17(32-21)9-29-12(3)26/h6-8,17-21H,9H2,1-5H3,(H,23,25)/t17-,18-,19+,20+,21+/m0/s1. The van der Waals surface area contributed by atoms with E-state index in [1.165, 1.54) is 13.8 Å². The third kappa shape index (κ3) is 6.22. The first-order chi connectivity index (χ1) is 16.0. The molecule has 0 bridgehead atoms. The van der Waals surface area contributed by atoms with Gasteiger partial charge in [0.05, 0.1) is 0 Å². The van der Waals surface area contributed by atoms with Crippen LogP contribution in [0.4, 0.5) is 0 Å². The van der Waals surface area contributed by atoms with Crippen LogP contribution in [-0.2, 0) is 38.1 Å². The summed E-state index contributed by atoms with van der Waals surface area (Å²) in [6, 6.07) is 4.22. The van der Waals surface area contributed by atoms with Crippen molar-refractivity contribution in [1.82, 2.24) is 10.3 Å². The van der Waals surface area contributed by atoms with Crippen molar-refractivity contribution in [3.63, 3.8) is 0 Å². The summed E-state index contributed by atoms with van der Waals surface area (Å²) in [6.07, 6.45) is -5.03. The molecular weight excluding hydrogens is 452 g/mol. The summed E-state index contributed by atoms with van der Waals surface area (Å²) in [5.74, 6) is -2.51. The summed E-state index contributed by atoms with van der Waals surface area (Å²) in [6.45, 7) is 6.31. The third-order valence-corrected chi connectivity index (χ3v) is 4.81. The molecule has 2 heterocycles. The predicted octanol–water partition coefficient (Wildman–Crippen LogP) is 1.17. The van der Waals surface area contributed by atoms with Crippen LogP contribution in [0, 0.1) is 6.92 Å². The second kappa shape index (κ2) is 10.5. The fraction of sp³-hybridized carbons (Fsp3) is 0.500. The number of ether oxygens (including phenoxy) is 5. The zero-order valence-corrected chi connectivity index (χ0v) is 19.4. The van der Waals surface area contributed by atoms with Gasteiger partial charge in [0.1, 0.15) is 24.3 Å². The molecule has 1 aliphatic heterocycles. The van der Waals surface area contributed by atoms with Crippen molar-refractivity contribution in [3.05, 3.63) is 23.8 Å². The summed E-state index contributed by atoms with van der Waals surface area (Å²) in [7, 11) is 0. The van der Waals surface area contributed by atoms with Gasteiger partial charge in [-0.1, -0.05) is 6.07 Å². The van der Waals surface area contributed by atoms with Gasteiger partial charge in [-0.25, -0.2) is 0 Å². The highest BCUT2D eigenvalue weighted by atomic mass is 16.7. The number of rotatable bonds is 7. The number of hydrogen-bond donors (Lipinski definition) is 1. The number of hydrogen-bond acceptors (Lipinski definition) is 11. The normalized spacial score (nSPS) is 24.2. The van der Waals surface area contributed by atoms with Crippen LogP contribution in [0.5, 0.6) is 6.08 Å². The molecule has 2 aromatic rings. The van der Waals surface area contributed by atoms with E-state index in [1.807, 2.05) is 13.0 Å². The van der Waals surface area contributed by atoms with Gasteiger partial charge in [-0.3, -0.25) is 19.2 Å². The Bertz CT molecular complexity index is 1080. The highest BCUT2D eigenvalue weighted by molar-refractivity contribution is 5.74. The Morgan fingerprint density at radius 1 is 1.00 bits per heavy atom. The van der Waals surface area contributed by atoms with Crippen molar-refractivity contribution < 1.29 is 47.3 Å². The third-order valence-electron chi connectivity index (χ3n) is 4.81.